The number of hydrogen-bond donors (Lipinski definition) is 2. The summed E-state index contributed by atoms with van der Waals surface area (Å²) in [6.45, 7) is 2.29. The summed E-state index contributed by atoms with van der Waals surface area (Å²) in [5.74, 6) is -0.681. The van der Waals surface area contributed by atoms with Crippen LogP contribution in [0.1, 0.15) is 29.0 Å². The predicted molar refractivity (Wildman–Crippen MR) is 57.5 cm³/mol. The maximum absolute atomic E-state index is 11.5. The van der Waals surface area contributed by atoms with Gasteiger partial charge in [0.25, 0.3) is 0 Å². The largest absolute Gasteiger partial charge is 0.476 e. The molecule has 2 rings (SSSR count). The van der Waals surface area contributed by atoms with Gasteiger partial charge in [0, 0.05) is 6.54 Å². The first-order valence-electron chi connectivity index (χ1n) is 5.48. The summed E-state index contributed by atoms with van der Waals surface area (Å²) in [6.07, 6.45) is 2.34. The van der Waals surface area contributed by atoms with Gasteiger partial charge in [-0.05, 0) is 25.7 Å². The molecule has 1 saturated carbocycles. The van der Waals surface area contributed by atoms with Gasteiger partial charge in [0.2, 0.25) is 5.91 Å². The van der Waals surface area contributed by atoms with Gasteiger partial charge in [0.1, 0.15) is 6.54 Å². The highest BCUT2D eigenvalue weighted by Gasteiger charge is 2.22. The van der Waals surface area contributed by atoms with Crippen molar-refractivity contribution in [2.45, 2.75) is 26.3 Å². The summed E-state index contributed by atoms with van der Waals surface area (Å²) in [5, 5.41) is 18.7. The summed E-state index contributed by atoms with van der Waals surface area (Å²) in [5.41, 5.74) is 0.277. The van der Waals surface area contributed by atoms with Gasteiger partial charge in [-0.3, -0.25) is 4.79 Å². The summed E-state index contributed by atoms with van der Waals surface area (Å²) in [7, 11) is 0. The molecular formula is C10H14N4O3. The monoisotopic (exact) mass is 238 g/mol. The zero-order valence-electron chi connectivity index (χ0n) is 9.51. The molecule has 0 radical (unpaired) electrons. The predicted octanol–water partition coefficient (Wildman–Crippen LogP) is -0.189. The number of nitrogens with one attached hydrogen (secondary N) is 1. The van der Waals surface area contributed by atoms with Crippen molar-refractivity contribution >= 4 is 11.9 Å². The third kappa shape index (κ3) is 2.80. The molecule has 92 valence electrons. The first-order valence-corrected chi connectivity index (χ1v) is 5.48. The van der Waals surface area contributed by atoms with Crippen LogP contribution in [0.15, 0.2) is 0 Å². The molecular weight excluding hydrogens is 224 g/mol. The first kappa shape index (κ1) is 11.6. The third-order valence-corrected chi connectivity index (χ3v) is 2.76. The average Bonchev–Trinajstić information content (AvgIpc) is 3.02. The van der Waals surface area contributed by atoms with E-state index in [-0.39, 0.29) is 18.1 Å². The molecule has 1 amide bonds. The summed E-state index contributed by atoms with van der Waals surface area (Å²) >= 11 is 0. The quantitative estimate of drug-likeness (QED) is 0.741. The fraction of sp³-hybridized carbons (Fsp3) is 0.600. The Kier molecular flexibility index (Phi) is 3.08. The van der Waals surface area contributed by atoms with E-state index in [1.54, 1.807) is 6.92 Å². The van der Waals surface area contributed by atoms with Crippen LogP contribution in [0.25, 0.3) is 0 Å². The number of amides is 1. The van der Waals surface area contributed by atoms with E-state index >= 15 is 0 Å². The number of nitrogens with zero attached hydrogens (tertiary/aromatic N) is 3. The molecule has 1 aliphatic rings. The minimum atomic E-state index is -1.13. The van der Waals surface area contributed by atoms with Crippen molar-refractivity contribution in [1.82, 2.24) is 20.3 Å². The highest BCUT2D eigenvalue weighted by Crippen LogP contribution is 2.27. The lowest BCUT2D eigenvalue weighted by molar-refractivity contribution is -0.121. The molecule has 1 aromatic rings. The molecule has 7 nitrogen and oxygen atoms in total. The Morgan fingerprint density at radius 1 is 1.53 bits per heavy atom. The molecule has 1 heterocycles. The second-order valence-electron chi connectivity index (χ2n) is 4.23. The lowest BCUT2D eigenvalue weighted by Crippen LogP contribution is -2.30. The number of rotatable bonds is 5. The molecule has 0 spiro atoms. The fourth-order valence-corrected chi connectivity index (χ4v) is 1.48. The second kappa shape index (κ2) is 4.52. The minimum Gasteiger partial charge on any atom is -0.476 e. The van der Waals surface area contributed by atoms with Crippen molar-refractivity contribution in [2.24, 2.45) is 5.92 Å². The van der Waals surface area contributed by atoms with Crippen molar-refractivity contribution in [2.75, 3.05) is 6.54 Å². The van der Waals surface area contributed by atoms with Crippen LogP contribution in [-0.4, -0.2) is 38.5 Å². The van der Waals surface area contributed by atoms with E-state index < -0.39 is 5.97 Å². The molecule has 17 heavy (non-hydrogen) atoms. The van der Waals surface area contributed by atoms with Gasteiger partial charge in [-0.2, -0.15) is 0 Å². The van der Waals surface area contributed by atoms with Crippen LogP contribution in [0.3, 0.4) is 0 Å². The van der Waals surface area contributed by atoms with Crippen molar-refractivity contribution in [3.05, 3.63) is 11.4 Å². The van der Waals surface area contributed by atoms with Crippen LogP contribution >= 0.6 is 0 Å². The van der Waals surface area contributed by atoms with Crippen molar-refractivity contribution in [3.8, 4) is 0 Å². The van der Waals surface area contributed by atoms with Crippen molar-refractivity contribution < 1.29 is 14.7 Å². The smallest absolute Gasteiger partial charge is 0.358 e. The molecule has 0 aliphatic heterocycles. The number of carboxylic acid groups (broad SMARTS) is 1. The Bertz CT molecular complexity index is 450. The summed E-state index contributed by atoms with van der Waals surface area (Å²) in [6, 6.07) is 0. The van der Waals surface area contributed by atoms with Crippen LogP contribution < -0.4 is 5.32 Å². The minimum absolute atomic E-state index is 0.0127. The molecule has 0 unspecified atom stereocenters. The molecule has 0 bridgehead atoms. The molecule has 1 aromatic heterocycles. The average molecular weight is 238 g/mol. The highest BCUT2D eigenvalue weighted by atomic mass is 16.4. The Labute approximate surface area is 97.8 Å². The molecule has 0 saturated heterocycles. The van der Waals surface area contributed by atoms with Crippen LogP contribution in [-0.2, 0) is 11.3 Å². The normalized spacial score (nSPS) is 14.6. The van der Waals surface area contributed by atoms with Crippen LogP contribution in [0.4, 0.5) is 0 Å². The van der Waals surface area contributed by atoms with E-state index in [4.69, 9.17) is 5.11 Å². The molecule has 0 atom stereocenters. The van der Waals surface area contributed by atoms with E-state index in [1.807, 2.05) is 0 Å². The summed E-state index contributed by atoms with van der Waals surface area (Å²) < 4.78 is 1.30. The van der Waals surface area contributed by atoms with Crippen LogP contribution in [0, 0.1) is 12.8 Å². The Morgan fingerprint density at radius 3 is 2.76 bits per heavy atom. The molecule has 0 aromatic carbocycles. The first-order chi connectivity index (χ1) is 8.08. The topological polar surface area (TPSA) is 97.1 Å². The Balaban J connectivity index is 1.92. The van der Waals surface area contributed by atoms with Crippen LogP contribution in [0.5, 0.6) is 0 Å². The fourth-order valence-electron chi connectivity index (χ4n) is 1.48. The molecule has 2 N–H and O–H groups in total. The van der Waals surface area contributed by atoms with Gasteiger partial charge in [0.15, 0.2) is 5.69 Å². The number of aromatic nitrogens is 3. The van der Waals surface area contributed by atoms with Crippen molar-refractivity contribution in [3.63, 3.8) is 0 Å². The maximum atomic E-state index is 11.5. The van der Waals surface area contributed by atoms with E-state index in [9.17, 15) is 9.59 Å². The Hall–Kier alpha value is -1.92. The van der Waals surface area contributed by atoms with Gasteiger partial charge in [0.05, 0.1) is 5.69 Å². The number of carbonyl (C=O) groups excluding carboxylic acids is 1. The number of hydrogen-bond acceptors (Lipinski definition) is 4. The Morgan fingerprint density at radius 2 is 2.24 bits per heavy atom. The van der Waals surface area contributed by atoms with Gasteiger partial charge in [-0.25, -0.2) is 9.48 Å². The third-order valence-electron chi connectivity index (χ3n) is 2.76. The number of carbonyl (C=O) groups is 2. The lowest BCUT2D eigenvalue weighted by Gasteiger charge is -2.04. The maximum Gasteiger partial charge on any atom is 0.358 e. The van der Waals surface area contributed by atoms with E-state index in [0.717, 1.165) is 0 Å². The number of carboxylic acids is 1. The van der Waals surface area contributed by atoms with E-state index in [0.29, 0.717) is 18.2 Å². The van der Waals surface area contributed by atoms with Gasteiger partial charge < -0.3 is 10.4 Å². The van der Waals surface area contributed by atoms with E-state index in [2.05, 4.69) is 15.6 Å². The zero-order valence-corrected chi connectivity index (χ0v) is 9.51. The van der Waals surface area contributed by atoms with Gasteiger partial charge in [-0.15, -0.1) is 5.10 Å². The molecule has 1 fully saturated rings. The zero-order chi connectivity index (χ0) is 12.4. The van der Waals surface area contributed by atoms with Crippen LogP contribution in [0.2, 0.25) is 0 Å². The summed E-state index contributed by atoms with van der Waals surface area (Å²) in [4.78, 5) is 22.3. The molecule has 1 aliphatic carbocycles. The SMILES string of the molecule is Cc1c(C(=O)O)nnn1CC(=O)NCC1CC1. The van der Waals surface area contributed by atoms with E-state index in [1.165, 1.54) is 17.5 Å². The number of aromatic carboxylic acids is 1. The lowest BCUT2D eigenvalue weighted by atomic mass is 10.3. The van der Waals surface area contributed by atoms with Gasteiger partial charge in [-0.1, -0.05) is 5.21 Å². The van der Waals surface area contributed by atoms with Crippen molar-refractivity contribution in [1.29, 1.82) is 0 Å². The highest BCUT2D eigenvalue weighted by molar-refractivity contribution is 5.86. The van der Waals surface area contributed by atoms with Gasteiger partial charge >= 0.3 is 5.97 Å². The molecule has 7 heteroatoms. The standard InChI is InChI=1S/C10H14N4O3/c1-6-9(10(16)17)12-13-14(6)5-8(15)11-4-7-2-3-7/h7H,2-5H2,1H3,(H,11,15)(H,16,17). The second-order valence-corrected chi connectivity index (χ2v) is 4.23.